The van der Waals surface area contributed by atoms with Gasteiger partial charge in [-0.1, -0.05) is 0 Å². The lowest BCUT2D eigenvalue weighted by molar-refractivity contribution is 0.0959. The topological polar surface area (TPSA) is 54.9 Å². The van der Waals surface area contributed by atoms with Gasteiger partial charge in [-0.2, -0.15) is 0 Å². The zero-order valence-electron chi connectivity index (χ0n) is 9.73. The van der Waals surface area contributed by atoms with Gasteiger partial charge in [-0.3, -0.25) is 9.78 Å². The minimum Gasteiger partial charge on any atom is -0.352 e. The highest BCUT2D eigenvalue weighted by molar-refractivity contribution is 7.17. The fourth-order valence-corrected chi connectivity index (χ4v) is 2.45. The maximum atomic E-state index is 11.8. The van der Waals surface area contributed by atoms with Gasteiger partial charge < -0.3 is 5.32 Å². The molecule has 0 aliphatic rings. The van der Waals surface area contributed by atoms with Crippen molar-refractivity contribution in [2.75, 3.05) is 6.54 Å². The summed E-state index contributed by atoms with van der Waals surface area (Å²) in [5.41, 5.74) is 1.76. The molecule has 0 spiro atoms. The standard InChI is InChI=1S/C12H13N3OS/c1-3-14-11(16)10-8(2)15-12(17-10)9-4-6-13-7-5-9/h4-7H,3H2,1-2H3,(H,14,16). The molecule has 0 fully saturated rings. The van der Waals surface area contributed by atoms with Crippen molar-refractivity contribution in [3.05, 3.63) is 35.1 Å². The first-order valence-electron chi connectivity index (χ1n) is 5.38. The van der Waals surface area contributed by atoms with E-state index in [-0.39, 0.29) is 5.91 Å². The zero-order chi connectivity index (χ0) is 12.3. The highest BCUT2D eigenvalue weighted by Gasteiger charge is 2.15. The van der Waals surface area contributed by atoms with Crippen molar-refractivity contribution in [1.29, 1.82) is 0 Å². The van der Waals surface area contributed by atoms with Crippen LogP contribution in [0.4, 0.5) is 0 Å². The minimum absolute atomic E-state index is 0.0530. The van der Waals surface area contributed by atoms with E-state index in [0.29, 0.717) is 11.4 Å². The molecule has 0 saturated heterocycles. The minimum atomic E-state index is -0.0530. The molecule has 2 heterocycles. The monoisotopic (exact) mass is 247 g/mol. The molecule has 0 saturated carbocycles. The molecule has 1 amide bonds. The van der Waals surface area contributed by atoms with E-state index < -0.39 is 0 Å². The van der Waals surface area contributed by atoms with E-state index in [4.69, 9.17) is 0 Å². The highest BCUT2D eigenvalue weighted by atomic mass is 32.1. The van der Waals surface area contributed by atoms with Crippen LogP contribution in [0.1, 0.15) is 22.3 Å². The molecule has 88 valence electrons. The fourth-order valence-electron chi connectivity index (χ4n) is 1.47. The molecule has 0 aromatic carbocycles. The summed E-state index contributed by atoms with van der Waals surface area (Å²) < 4.78 is 0. The van der Waals surface area contributed by atoms with Crippen molar-refractivity contribution in [2.24, 2.45) is 0 Å². The number of nitrogens with one attached hydrogen (secondary N) is 1. The number of thiazole rings is 1. The quantitative estimate of drug-likeness (QED) is 0.905. The molecule has 0 radical (unpaired) electrons. The molecule has 2 aromatic heterocycles. The number of pyridine rings is 1. The molecule has 0 aliphatic carbocycles. The number of amides is 1. The summed E-state index contributed by atoms with van der Waals surface area (Å²) in [6.07, 6.45) is 3.44. The number of hydrogen-bond donors (Lipinski definition) is 1. The molecule has 0 unspecified atom stereocenters. The molecular formula is C12H13N3OS. The number of carbonyl (C=O) groups excluding carboxylic acids is 1. The molecule has 1 N–H and O–H groups in total. The third kappa shape index (κ3) is 2.50. The van der Waals surface area contributed by atoms with Crippen LogP contribution in [-0.4, -0.2) is 22.4 Å². The lowest BCUT2D eigenvalue weighted by Crippen LogP contribution is -2.22. The number of hydrogen-bond acceptors (Lipinski definition) is 4. The summed E-state index contributed by atoms with van der Waals surface area (Å²) in [4.78, 5) is 20.8. The largest absolute Gasteiger partial charge is 0.352 e. The first kappa shape index (κ1) is 11.7. The van der Waals surface area contributed by atoms with E-state index in [1.807, 2.05) is 26.0 Å². The molecule has 2 aromatic rings. The number of aryl methyl sites for hydroxylation is 1. The predicted octanol–water partition coefficient (Wildman–Crippen LogP) is 2.26. The Morgan fingerprint density at radius 3 is 2.76 bits per heavy atom. The Morgan fingerprint density at radius 2 is 2.12 bits per heavy atom. The molecule has 0 bridgehead atoms. The molecule has 5 heteroatoms. The van der Waals surface area contributed by atoms with Crippen molar-refractivity contribution in [3.8, 4) is 10.6 Å². The van der Waals surface area contributed by atoms with Crippen LogP contribution in [0.25, 0.3) is 10.6 Å². The first-order valence-corrected chi connectivity index (χ1v) is 6.20. The normalized spacial score (nSPS) is 10.2. The number of nitrogens with zero attached hydrogens (tertiary/aromatic N) is 2. The van der Waals surface area contributed by atoms with Gasteiger partial charge >= 0.3 is 0 Å². The van der Waals surface area contributed by atoms with Crippen LogP contribution in [0, 0.1) is 6.92 Å². The summed E-state index contributed by atoms with van der Waals surface area (Å²) in [7, 11) is 0. The Labute approximate surface area is 104 Å². The van der Waals surface area contributed by atoms with E-state index in [1.54, 1.807) is 12.4 Å². The summed E-state index contributed by atoms with van der Waals surface area (Å²) >= 11 is 1.41. The summed E-state index contributed by atoms with van der Waals surface area (Å²) in [5.74, 6) is -0.0530. The van der Waals surface area contributed by atoms with Gasteiger partial charge in [-0.25, -0.2) is 4.98 Å². The van der Waals surface area contributed by atoms with Crippen LogP contribution in [0.3, 0.4) is 0 Å². The van der Waals surface area contributed by atoms with Gasteiger partial charge in [0.2, 0.25) is 0 Å². The smallest absolute Gasteiger partial charge is 0.263 e. The zero-order valence-corrected chi connectivity index (χ0v) is 10.5. The molecule has 0 atom stereocenters. The van der Waals surface area contributed by atoms with E-state index in [9.17, 15) is 4.79 Å². The van der Waals surface area contributed by atoms with Gasteiger partial charge in [0.1, 0.15) is 9.88 Å². The average Bonchev–Trinajstić information content (AvgIpc) is 2.73. The Morgan fingerprint density at radius 1 is 1.41 bits per heavy atom. The van der Waals surface area contributed by atoms with E-state index >= 15 is 0 Å². The summed E-state index contributed by atoms with van der Waals surface area (Å²) in [5, 5.41) is 3.64. The number of carbonyl (C=O) groups is 1. The highest BCUT2D eigenvalue weighted by Crippen LogP contribution is 2.27. The Balaban J connectivity index is 2.34. The van der Waals surface area contributed by atoms with Crippen LogP contribution in [-0.2, 0) is 0 Å². The fraction of sp³-hybridized carbons (Fsp3) is 0.250. The van der Waals surface area contributed by atoms with Gasteiger partial charge in [0.25, 0.3) is 5.91 Å². The van der Waals surface area contributed by atoms with Crippen LogP contribution in [0.15, 0.2) is 24.5 Å². The molecule has 2 rings (SSSR count). The summed E-state index contributed by atoms with van der Waals surface area (Å²) in [6.45, 7) is 4.38. The lowest BCUT2D eigenvalue weighted by Gasteiger charge is -1.98. The second kappa shape index (κ2) is 5.05. The molecule has 4 nitrogen and oxygen atoms in total. The molecule has 0 aliphatic heterocycles. The Kier molecular flexibility index (Phi) is 3.49. The maximum Gasteiger partial charge on any atom is 0.263 e. The number of aromatic nitrogens is 2. The van der Waals surface area contributed by atoms with Crippen molar-refractivity contribution < 1.29 is 4.79 Å². The van der Waals surface area contributed by atoms with Crippen LogP contribution < -0.4 is 5.32 Å². The molecular weight excluding hydrogens is 234 g/mol. The Hall–Kier alpha value is -1.75. The summed E-state index contributed by atoms with van der Waals surface area (Å²) in [6, 6.07) is 3.78. The van der Waals surface area contributed by atoms with E-state index in [0.717, 1.165) is 16.3 Å². The van der Waals surface area contributed by atoms with Gasteiger partial charge in [-0.05, 0) is 26.0 Å². The van der Waals surface area contributed by atoms with Crippen LogP contribution >= 0.6 is 11.3 Å². The van der Waals surface area contributed by atoms with Crippen molar-refractivity contribution in [2.45, 2.75) is 13.8 Å². The second-order valence-electron chi connectivity index (χ2n) is 3.53. The number of rotatable bonds is 3. The Bertz CT molecular complexity index is 522. The van der Waals surface area contributed by atoms with Gasteiger partial charge in [0.05, 0.1) is 5.69 Å². The van der Waals surface area contributed by atoms with Gasteiger partial charge in [0.15, 0.2) is 0 Å². The lowest BCUT2D eigenvalue weighted by atomic mass is 10.3. The third-order valence-electron chi connectivity index (χ3n) is 2.27. The second-order valence-corrected chi connectivity index (χ2v) is 4.53. The third-order valence-corrected chi connectivity index (χ3v) is 3.47. The molecule has 17 heavy (non-hydrogen) atoms. The SMILES string of the molecule is CCNC(=O)c1sc(-c2ccncc2)nc1C. The predicted molar refractivity (Wildman–Crippen MR) is 68.1 cm³/mol. The van der Waals surface area contributed by atoms with Crippen molar-refractivity contribution in [3.63, 3.8) is 0 Å². The van der Waals surface area contributed by atoms with Gasteiger partial charge in [0, 0.05) is 24.5 Å². The van der Waals surface area contributed by atoms with Crippen LogP contribution in [0.2, 0.25) is 0 Å². The maximum absolute atomic E-state index is 11.8. The van der Waals surface area contributed by atoms with E-state index in [1.165, 1.54) is 11.3 Å². The first-order chi connectivity index (χ1) is 8.22. The van der Waals surface area contributed by atoms with E-state index in [2.05, 4.69) is 15.3 Å². The van der Waals surface area contributed by atoms with Crippen molar-refractivity contribution >= 4 is 17.2 Å². The van der Waals surface area contributed by atoms with Crippen LogP contribution in [0.5, 0.6) is 0 Å². The van der Waals surface area contributed by atoms with Crippen molar-refractivity contribution in [1.82, 2.24) is 15.3 Å². The average molecular weight is 247 g/mol. The van der Waals surface area contributed by atoms with Gasteiger partial charge in [-0.15, -0.1) is 11.3 Å².